The zero-order valence-corrected chi connectivity index (χ0v) is 12.0. The lowest BCUT2D eigenvalue weighted by Gasteiger charge is -2.29. The zero-order valence-electron chi connectivity index (χ0n) is 12.0. The molecule has 0 spiro atoms. The van der Waals surface area contributed by atoms with Crippen LogP contribution in [0.2, 0.25) is 0 Å². The van der Waals surface area contributed by atoms with Crippen molar-refractivity contribution in [1.29, 1.82) is 0 Å². The maximum Gasteiger partial charge on any atom is 0.176 e. The van der Waals surface area contributed by atoms with Gasteiger partial charge in [-0.25, -0.2) is 0 Å². The third-order valence-corrected chi connectivity index (χ3v) is 3.55. The topological polar surface area (TPSA) is 59.0 Å². The molecule has 1 atom stereocenters. The molecule has 0 amide bonds. The van der Waals surface area contributed by atoms with E-state index in [1.165, 1.54) is 0 Å². The maximum atomic E-state index is 12.3. The monoisotopic (exact) mass is 279 g/mol. The van der Waals surface area contributed by atoms with Crippen molar-refractivity contribution in [2.75, 3.05) is 33.9 Å². The number of aliphatic hydroxyl groups excluding tert-OH is 1. The molecule has 1 aliphatic heterocycles. The normalized spacial score (nSPS) is 19.6. The predicted octanol–water partition coefficient (Wildman–Crippen LogP) is 1.34. The molecule has 1 N–H and O–H groups in total. The first-order valence-electron chi connectivity index (χ1n) is 6.79. The van der Waals surface area contributed by atoms with Crippen LogP contribution in [0.4, 0.5) is 0 Å². The van der Waals surface area contributed by atoms with Crippen molar-refractivity contribution < 1.29 is 19.4 Å². The van der Waals surface area contributed by atoms with Crippen LogP contribution in [0.25, 0.3) is 0 Å². The van der Waals surface area contributed by atoms with E-state index < -0.39 is 0 Å². The van der Waals surface area contributed by atoms with E-state index in [0.717, 1.165) is 19.4 Å². The molecule has 1 aromatic carbocycles. The van der Waals surface area contributed by atoms with Gasteiger partial charge in [0.05, 0.1) is 26.9 Å². The number of benzene rings is 1. The molecule has 1 aromatic rings. The highest BCUT2D eigenvalue weighted by Gasteiger charge is 2.20. The SMILES string of the molecule is COc1ccc(C(=O)CN2CCCC(O)C2)cc1OC. The van der Waals surface area contributed by atoms with E-state index in [1.54, 1.807) is 32.4 Å². The molecule has 5 heteroatoms. The van der Waals surface area contributed by atoms with E-state index in [9.17, 15) is 9.90 Å². The Morgan fingerprint density at radius 2 is 2.10 bits per heavy atom. The zero-order chi connectivity index (χ0) is 14.5. The Kier molecular flexibility index (Phi) is 4.98. The lowest BCUT2D eigenvalue weighted by molar-refractivity contribution is 0.0634. The fraction of sp³-hybridized carbons (Fsp3) is 0.533. The molecule has 0 bridgehead atoms. The van der Waals surface area contributed by atoms with Crippen LogP contribution in [0.3, 0.4) is 0 Å². The van der Waals surface area contributed by atoms with Crippen LogP contribution < -0.4 is 9.47 Å². The molecule has 1 fully saturated rings. The number of ketones is 1. The molecule has 20 heavy (non-hydrogen) atoms. The predicted molar refractivity (Wildman–Crippen MR) is 75.6 cm³/mol. The van der Waals surface area contributed by atoms with Crippen molar-refractivity contribution in [3.8, 4) is 11.5 Å². The number of aliphatic hydroxyl groups is 1. The third-order valence-electron chi connectivity index (χ3n) is 3.55. The van der Waals surface area contributed by atoms with Crippen molar-refractivity contribution in [3.63, 3.8) is 0 Å². The number of likely N-dealkylation sites (tertiary alicyclic amines) is 1. The van der Waals surface area contributed by atoms with Crippen molar-refractivity contribution in [1.82, 2.24) is 4.90 Å². The van der Waals surface area contributed by atoms with E-state index >= 15 is 0 Å². The molecule has 1 aliphatic rings. The Morgan fingerprint density at radius 1 is 1.35 bits per heavy atom. The number of hydrogen-bond donors (Lipinski definition) is 1. The average molecular weight is 279 g/mol. The van der Waals surface area contributed by atoms with Gasteiger partial charge in [0.1, 0.15) is 0 Å². The number of rotatable bonds is 5. The number of carbonyl (C=O) groups excluding carboxylic acids is 1. The minimum Gasteiger partial charge on any atom is -0.493 e. The van der Waals surface area contributed by atoms with Crippen molar-refractivity contribution in [2.45, 2.75) is 18.9 Å². The minimum absolute atomic E-state index is 0.0278. The molecule has 1 heterocycles. The molecule has 1 saturated heterocycles. The van der Waals surface area contributed by atoms with Gasteiger partial charge < -0.3 is 14.6 Å². The Labute approximate surface area is 119 Å². The maximum absolute atomic E-state index is 12.3. The van der Waals surface area contributed by atoms with Crippen molar-refractivity contribution in [2.24, 2.45) is 0 Å². The summed E-state index contributed by atoms with van der Waals surface area (Å²) in [6.45, 7) is 1.75. The fourth-order valence-corrected chi connectivity index (χ4v) is 2.48. The summed E-state index contributed by atoms with van der Waals surface area (Å²) >= 11 is 0. The summed E-state index contributed by atoms with van der Waals surface area (Å²) in [6, 6.07) is 5.17. The molecule has 0 aliphatic carbocycles. The highest BCUT2D eigenvalue weighted by molar-refractivity contribution is 5.98. The number of β-amino-alcohol motifs (C(OH)–C–C–N with tert-alkyl or cyclic N) is 1. The molecular formula is C15H21NO4. The lowest BCUT2D eigenvalue weighted by Crippen LogP contribution is -2.41. The van der Waals surface area contributed by atoms with Crippen LogP contribution in [-0.4, -0.2) is 55.7 Å². The van der Waals surface area contributed by atoms with Crippen LogP contribution in [0, 0.1) is 0 Å². The molecule has 0 aromatic heterocycles. The van der Waals surface area contributed by atoms with Crippen LogP contribution in [-0.2, 0) is 0 Å². The van der Waals surface area contributed by atoms with Gasteiger partial charge >= 0.3 is 0 Å². The Hall–Kier alpha value is -1.59. The van der Waals surface area contributed by atoms with E-state index in [0.29, 0.717) is 30.2 Å². The van der Waals surface area contributed by atoms with Crippen LogP contribution >= 0.6 is 0 Å². The number of nitrogens with zero attached hydrogens (tertiary/aromatic N) is 1. The van der Waals surface area contributed by atoms with Crippen LogP contribution in [0.5, 0.6) is 11.5 Å². The van der Waals surface area contributed by atoms with Crippen molar-refractivity contribution >= 4 is 5.78 Å². The van der Waals surface area contributed by atoms with Gasteiger partial charge in [-0.3, -0.25) is 9.69 Å². The van der Waals surface area contributed by atoms with Crippen molar-refractivity contribution in [3.05, 3.63) is 23.8 Å². The Bertz CT molecular complexity index is 475. The smallest absolute Gasteiger partial charge is 0.176 e. The van der Waals surface area contributed by atoms with Gasteiger partial charge in [0.25, 0.3) is 0 Å². The molecule has 110 valence electrons. The van der Waals surface area contributed by atoms with Crippen LogP contribution in [0.15, 0.2) is 18.2 Å². The van der Waals surface area contributed by atoms with Gasteiger partial charge in [-0.05, 0) is 37.6 Å². The van der Waals surface area contributed by atoms with E-state index in [4.69, 9.17) is 9.47 Å². The highest BCUT2D eigenvalue weighted by Crippen LogP contribution is 2.27. The van der Waals surface area contributed by atoms with E-state index in [2.05, 4.69) is 0 Å². The van der Waals surface area contributed by atoms with Gasteiger partial charge in [-0.2, -0.15) is 0 Å². The summed E-state index contributed by atoms with van der Waals surface area (Å²) < 4.78 is 10.4. The molecule has 2 rings (SSSR count). The van der Waals surface area contributed by atoms with E-state index in [1.807, 2.05) is 4.90 Å². The van der Waals surface area contributed by atoms with Crippen LogP contribution in [0.1, 0.15) is 23.2 Å². The average Bonchev–Trinajstić information content (AvgIpc) is 2.46. The molecular weight excluding hydrogens is 258 g/mol. The summed E-state index contributed by atoms with van der Waals surface area (Å²) in [5.41, 5.74) is 0.600. The van der Waals surface area contributed by atoms with Gasteiger partial charge in [-0.15, -0.1) is 0 Å². The summed E-state index contributed by atoms with van der Waals surface area (Å²) in [5.74, 6) is 1.19. The second-order valence-corrected chi connectivity index (χ2v) is 5.02. The first-order valence-corrected chi connectivity index (χ1v) is 6.79. The number of Topliss-reactive ketones (excluding diaryl/α,β-unsaturated/α-hetero) is 1. The molecule has 5 nitrogen and oxygen atoms in total. The third kappa shape index (κ3) is 3.49. The van der Waals surface area contributed by atoms with Gasteiger partial charge in [-0.1, -0.05) is 0 Å². The lowest BCUT2D eigenvalue weighted by atomic mass is 10.1. The molecule has 1 unspecified atom stereocenters. The quantitative estimate of drug-likeness (QED) is 0.824. The number of methoxy groups -OCH3 is 2. The molecule has 0 saturated carbocycles. The number of hydrogen-bond acceptors (Lipinski definition) is 5. The first-order chi connectivity index (χ1) is 9.63. The second-order valence-electron chi connectivity index (χ2n) is 5.02. The standard InChI is InChI=1S/C15H21NO4/c1-19-14-6-5-11(8-15(14)20-2)13(18)10-16-7-3-4-12(17)9-16/h5-6,8,12,17H,3-4,7,9-10H2,1-2H3. The molecule has 0 radical (unpaired) electrons. The number of ether oxygens (including phenoxy) is 2. The Morgan fingerprint density at radius 3 is 2.75 bits per heavy atom. The highest BCUT2D eigenvalue weighted by atomic mass is 16.5. The minimum atomic E-state index is -0.318. The summed E-state index contributed by atoms with van der Waals surface area (Å²) in [6.07, 6.45) is 1.43. The Balaban J connectivity index is 2.05. The van der Waals surface area contributed by atoms with Gasteiger partial charge in [0.2, 0.25) is 0 Å². The largest absolute Gasteiger partial charge is 0.493 e. The van der Waals surface area contributed by atoms with Gasteiger partial charge in [0, 0.05) is 12.1 Å². The summed E-state index contributed by atoms with van der Waals surface area (Å²) in [5, 5.41) is 9.62. The fourth-order valence-electron chi connectivity index (χ4n) is 2.48. The summed E-state index contributed by atoms with van der Waals surface area (Å²) in [4.78, 5) is 14.3. The summed E-state index contributed by atoms with van der Waals surface area (Å²) in [7, 11) is 3.11. The van der Waals surface area contributed by atoms with Gasteiger partial charge in [0.15, 0.2) is 17.3 Å². The number of piperidine rings is 1. The second kappa shape index (κ2) is 6.72. The number of carbonyl (C=O) groups is 1. The first kappa shape index (κ1) is 14.8. The van der Waals surface area contributed by atoms with E-state index in [-0.39, 0.29) is 11.9 Å².